The summed E-state index contributed by atoms with van der Waals surface area (Å²) in [4.78, 5) is 24.1. The highest BCUT2D eigenvalue weighted by Gasteiger charge is 2.41. The number of nitrogens with zero attached hydrogens (tertiary/aromatic N) is 1. The third-order valence-corrected chi connectivity index (χ3v) is 6.34. The van der Waals surface area contributed by atoms with Gasteiger partial charge in [0.15, 0.2) is 0 Å². The van der Waals surface area contributed by atoms with Crippen molar-refractivity contribution in [2.75, 3.05) is 7.05 Å². The molecule has 17 heteroatoms. The average Bonchev–Trinajstić information content (AvgIpc) is 2.81. The van der Waals surface area contributed by atoms with E-state index in [1.165, 1.54) is 0 Å². The molecule has 0 aromatic heterocycles. The maximum Gasteiger partial charge on any atom is 0.417 e. The molecular formula is C23H15Cl3F10N2O2. The summed E-state index contributed by atoms with van der Waals surface area (Å²) in [7, 11) is 0.785. The van der Waals surface area contributed by atoms with Crippen LogP contribution < -0.4 is 5.43 Å². The molecule has 0 aliphatic carbocycles. The Morgan fingerprint density at radius 1 is 0.950 bits per heavy atom. The summed E-state index contributed by atoms with van der Waals surface area (Å²) in [6, 6.07) is 2.54. The third kappa shape index (κ3) is 8.90. The largest absolute Gasteiger partial charge is 0.417 e. The first-order chi connectivity index (χ1) is 18.1. The Morgan fingerprint density at radius 3 is 1.98 bits per heavy atom. The van der Waals surface area contributed by atoms with E-state index in [0.717, 1.165) is 19.2 Å². The van der Waals surface area contributed by atoms with Gasteiger partial charge in [0.05, 0.1) is 32.6 Å². The quantitative estimate of drug-likeness (QED) is 0.194. The second kappa shape index (κ2) is 12.4. The zero-order chi connectivity index (χ0) is 30.8. The number of nitrogens with one attached hydrogen (secondary N) is 1. The van der Waals surface area contributed by atoms with Crippen LogP contribution in [0, 0.1) is 0 Å². The minimum Gasteiger partial charge on any atom is -0.273 e. The minimum atomic E-state index is -5.34. The fraction of sp³-hybridized carbons (Fsp3) is 0.304. The van der Waals surface area contributed by atoms with Crippen LogP contribution in [0.3, 0.4) is 0 Å². The zero-order valence-electron chi connectivity index (χ0n) is 19.6. The summed E-state index contributed by atoms with van der Waals surface area (Å²) < 4.78 is 134. The van der Waals surface area contributed by atoms with Crippen molar-refractivity contribution in [2.45, 2.75) is 37.3 Å². The first-order valence-electron chi connectivity index (χ1n) is 10.6. The monoisotopic (exact) mass is 646 g/mol. The SMILES string of the molecule is CN(NC(=O)c1ccc(C(F)=CC(c2cc(Cl)c(Cl)c(Cl)c2)C(F)(F)F)cc1C(F)(F)F)C(=O)CCC(F)(F)F. The fourth-order valence-electron chi connectivity index (χ4n) is 3.19. The smallest absolute Gasteiger partial charge is 0.273 e. The Balaban J connectivity index is 2.45. The van der Waals surface area contributed by atoms with E-state index in [4.69, 9.17) is 34.8 Å². The number of hydrogen-bond donors (Lipinski definition) is 1. The molecule has 0 bridgehead atoms. The van der Waals surface area contributed by atoms with E-state index < -0.39 is 87.2 Å². The maximum atomic E-state index is 14.9. The zero-order valence-corrected chi connectivity index (χ0v) is 21.9. The van der Waals surface area contributed by atoms with Crippen molar-refractivity contribution in [2.24, 2.45) is 0 Å². The molecular weight excluding hydrogens is 633 g/mol. The Labute approximate surface area is 234 Å². The van der Waals surface area contributed by atoms with Gasteiger partial charge in [0.1, 0.15) is 11.7 Å². The van der Waals surface area contributed by atoms with Gasteiger partial charge in [0, 0.05) is 19.0 Å². The molecule has 0 saturated carbocycles. The summed E-state index contributed by atoms with van der Waals surface area (Å²) in [6.45, 7) is 0. The number of carbonyl (C=O) groups is 2. The highest BCUT2D eigenvalue weighted by Crippen LogP contribution is 2.42. The van der Waals surface area contributed by atoms with Crippen LogP contribution in [0.1, 0.15) is 45.8 Å². The molecule has 2 aromatic carbocycles. The Morgan fingerprint density at radius 2 is 1.50 bits per heavy atom. The van der Waals surface area contributed by atoms with Crippen LogP contribution in [-0.4, -0.2) is 36.2 Å². The molecule has 0 saturated heterocycles. The Kier molecular flexibility index (Phi) is 10.4. The number of benzene rings is 2. The predicted octanol–water partition coefficient (Wildman–Crippen LogP) is 8.77. The van der Waals surface area contributed by atoms with Crippen LogP contribution in [0.15, 0.2) is 36.4 Å². The number of rotatable bonds is 6. The van der Waals surface area contributed by atoms with Gasteiger partial charge < -0.3 is 0 Å². The Bertz CT molecular complexity index is 1280. The summed E-state index contributed by atoms with van der Waals surface area (Å²) >= 11 is 17.2. The number of carbonyl (C=O) groups excluding carboxylic acids is 2. The molecule has 0 aliphatic heterocycles. The van der Waals surface area contributed by atoms with Crippen molar-refractivity contribution in [3.63, 3.8) is 0 Å². The van der Waals surface area contributed by atoms with Crippen LogP contribution in [0.25, 0.3) is 5.83 Å². The van der Waals surface area contributed by atoms with Gasteiger partial charge in [-0.2, -0.15) is 39.5 Å². The first-order valence-corrected chi connectivity index (χ1v) is 11.7. The number of hydrogen-bond acceptors (Lipinski definition) is 2. The molecule has 1 N–H and O–H groups in total. The molecule has 0 aliphatic rings. The van der Waals surface area contributed by atoms with E-state index in [0.29, 0.717) is 12.1 Å². The molecule has 1 atom stereocenters. The average molecular weight is 648 g/mol. The van der Waals surface area contributed by atoms with E-state index in [2.05, 4.69) is 0 Å². The fourth-order valence-corrected chi connectivity index (χ4v) is 3.81. The van der Waals surface area contributed by atoms with E-state index in [-0.39, 0.29) is 22.2 Å². The first kappa shape index (κ1) is 33.5. The number of alkyl halides is 9. The van der Waals surface area contributed by atoms with Crippen molar-refractivity contribution in [1.29, 1.82) is 0 Å². The van der Waals surface area contributed by atoms with Gasteiger partial charge in [-0.1, -0.05) is 40.9 Å². The predicted molar refractivity (Wildman–Crippen MR) is 126 cm³/mol. The lowest BCUT2D eigenvalue weighted by atomic mass is 9.95. The molecule has 1 unspecified atom stereocenters. The topological polar surface area (TPSA) is 49.4 Å². The van der Waals surface area contributed by atoms with Crippen molar-refractivity contribution < 1.29 is 53.5 Å². The molecule has 2 rings (SSSR count). The van der Waals surface area contributed by atoms with Crippen molar-refractivity contribution >= 4 is 52.4 Å². The van der Waals surface area contributed by atoms with Gasteiger partial charge in [0.2, 0.25) is 5.91 Å². The molecule has 0 fully saturated rings. The lowest BCUT2D eigenvalue weighted by Crippen LogP contribution is -2.44. The Hall–Kier alpha value is -2.71. The summed E-state index contributed by atoms with van der Waals surface area (Å²) in [5.41, 5.74) is -3.00. The van der Waals surface area contributed by atoms with E-state index in [9.17, 15) is 53.5 Å². The van der Waals surface area contributed by atoms with Gasteiger partial charge in [-0.05, 0) is 35.9 Å². The highest BCUT2D eigenvalue weighted by molar-refractivity contribution is 6.48. The molecule has 2 amide bonds. The van der Waals surface area contributed by atoms with Crippen LogP contribution >= 0.6 is 34.8 Å². The summed E-state index contributed by atoms with van der Waals surface area (Å²) in [6.07, 6.45) is -17.9. The normalized spacial score (nSPS) is 13.7. The van der Waals surface area contributed by atoms with E-state index in [1.54, 1.807) is 5.43 Å². The van der Waals surface area contributed by atoms with Crippen molar-refractivity contribution in [3.05, 3.63) is 73.7 Å². The number of hydrazine groups is 1. The molecule has 40 heavy (non-hydrogen) atoms. The van der Waals surface area contributed by atoms with Gasteiger partial charge in [0.25, 0.3) is 5.91 Å². The van der Waals surface area contributed by atoms with Crippen LogP contribution in [0.5, 0.6) is 0 Å². The second-order valence-electron chi connectivity index (χ2n) is 8.10. The standard InChI is InChI=1S/C23H15Cl3F10N2O2/c1-38(18(39)4-5-21(28,29)30)37-20(40)12-3-2-10(6-14(12)23(34,35)36)17(27)9-13(22(31,32)33)11-7-15(24)19(26)16(25)8-11/h2-3,6-9,13H,4-5H2,1H3,(H,37,40). The van der Waals surface area contributed by atoms with Gasteiger partial charge in [-0.25, -0.2) is 4.39 Å². The molecule has 0 radical (unpaired) electrons. The third-order valence-electron chi connectivity index (χ3n) is 5.14. The molecule has 220 valence electrons. The van der Waals surface area contributed by atoms with Gasteiger partial charge in [-0.3, -0.25) is 20.0 Å². The van der Waals surface area contributed by atoms with Crippen LogP contribution in [0.2, 0.25) is 15.1 Å². The maximum absolute atomic E-state index is 14.9. The molecule has 0 spiro atoms. The van der Waals surface area contributed by atoms with Crippen LogP contribution in [-0.2, 0) is 11.0 Å². The lowest BCUT2D eigenvalue weighted by Gasteiger charge is -2.21. The van der Waals surface area contributed by atoms with Gasteiger partial charge >= 0.3 is 18.5 Å². The highest BCUT2D eigenvalue weighted by atomic mass is 35.5. The van der Waals surface area contributed by atoms with E-state index in [1.807, 2.05) is 0 Å². The van der Waals surface area contributed by atoms with E-state index >= 15 is 0 Å². The van der Waals surface area contributed by atoms with Crippen molar-refractivity contribution in [1.82, 2.24) is 10.4 Å². The minimum absolute atomic E-state index is 0.0295. The summed E-state index contributed by atoms with van der Waals surface area (Å²) in [5.74, 6) is -7.38. The molecule has 2 aromatic rings. The van der Waals surface area contributed by atoms with Gasteiger partial charge in [-0.15, -0.1) is 0 Å². The number of halogens is 13. The molecule has 0 heterocycles. The lowest BCUT2D eigenvalue weighted by molar-refractivity contribution is -0.149. The van der Waals surface area contributed by atoms with Crippen molar-refractivity contribution in [3.8, 4) is 0 Å². The number of amides is 2. The molecule has 4 nitrogen and oxygen atoms in total. The number of allylic oxidation sites excluding steroid dienone is 1. The van der Waals surface area contributed by atoms with Crippen LogP contribution in [0.4, 0.5) is 43.9 Å². The summed E-state index contributed by atoms with van der Waals surface area (Å²) in [5, 5.41) is -0.847. The second-order valence-corrected chi connectivity index (χ2v) is 9.29.